The lowest BCUT2D eigenvalue weighted by molar-refractivity contribution is -0.167. The van der Waals surface area contributed by atoms with Gasteiger partial charge in [-0.3, -0.25) is 14.4 Å². The molecule has 0 saturated carbocycles. The smallest absolute Gasteiger partial charge is 0.306 e. The van der Waals surface area contributed by atoms with Crippen molar-refractivity contribution in [1.82, 2.24) is 0 Å². The molecule has 0 aromatic rings. The number of hydrogen-bond acceptors (Lipinski definition) is 6. The number of carbonyl (C=O) groups is 3. The van der Waals surface area contributed by atoms with Gasteiger partial charge in [-0.15, -0.1) is 0 Å². The molecular formula is C64H112O6. The van der Waals surface area contributed by atoms with Crippen LogP contribution >= 0.6 is 0 Å². The Hall–Kier alpha value is -3.15. The summed E-state index contributed by atoms with van der Waals surface area (Å²) < 4.78 is 16.8. The zero-order valence-electron chi connectivity index (χ0n) is 46.3. The number of esters is 3. The third-order valence-electron chi connectivity index (χ3n) is 13.0. The number of carbonyl (C=O) groups excluding carboxylic acids is 3. The van der Waals surface area contributed by atoms with E-state index >= 15 is 0 Å². The third-order valence-corrected chi connectivity index (χ3v) is 13.0. The maximum absolute atomic E-state index is 12.8. The van der Waals surface area contributed by atoms with Gasteiger partial charge in [-0.1, -0.05) is 280 Å². The van der Waals surface area contributed by atoms with Gasteiger partial charge in [0.1, 0.15) is 13.2 Å². The minimum absolute atomic E-state index is 0.0717. The van der Waals surface area contributed by atoms with Crippen molar-refractivity contribution in [2.24, 2.45) is 0 Å². The maximum atomic E-state index is 12.8. The fourth-order valence-corrected chi connectivity index (χ4v) is 8.51. The summed E-state index contributed by atoms with van der Waals surface area (Å²) in [6.45, 7) is 6.53. The Labute approximate surface area is 433 Å². The van der Waals surface area contributed by atoms with Gasteiger partial charge in [0.25, 0.3) is 0 Å². The van der Waals surface area contributed by atoms with Crippen molar-refractivity contribution in [3.63, 3.8) is 0 Å². The number of hydrogen-bond donors (Lipinski definition) is 0. The number of allylic oxidation sites excluding steroid dienone is 12. The molecule has 404 valence electrons. The first-order valence-corrected chi connectivity index (χ1v) is 29.9. The molecule has 1 unspecified atom stereocenters. The molecule has 0 bridgehead atoms. The zero-order chi connectivity index (χ0) is 50.7. The Balaban J connectivity index is 4.17. The molecular weight excluding hydrogens is 865 g/mol. The van der Waals surface area contributed by atoms with E-state index in [1.165, 1.54) is 161 Å². The van der Waals surface area contributed by atoms with Crippen LogP contribution in [0.3, 0.4) is 0 Å². The van der Waals surface area contributed by atoms with Crippen LogP contribution in [0, 0.1) is 0 Å². The summed E-state index contributed by atoms with van der Waals surface area (Å²) in [7, 11) is 0. The molecule has 1 atom stereocenters. The van der Waals surface area contributed by atoms with E-state index < -0.39 is 6.10 Å². The van der Waals surface area contributed by atoms with E-state index in [9.17, 15) is 14.4 Å². The molecule has 0 N–H and O–H groups in total. The second-order valence-corrected chi connectivity index (χ2v) is 19.9. The third kappa shape index (κ3) is 55.8. The highest BCUT2D eigenvalue weighted by Gasteiger charge is 2.19. The molecule has 0 aliphatic heterocycles. The predicted octanol–water partition coefficient (Wildman–Crippen LogP) is 20.2. The SMILES string of the molecule is CC/C=C\C/C=C\C/C=C\C/C=C\C/C=C\C/C=C\CCCCCCCCCCCCC(=O)OCC(COC(=O)CCCCCCCCCCCC)OC(=O)CCCCCCCCCCCCCCC. The topological polar surface area (TPSA) is 78.9 Å². The maximum Gasteiger partial charge on any atom is 0.306 e. The molecule has 0 rings (SSSR count). The van der Waals surface area contributed by atoms with Gasteiger partial charge < -0.3 is 14.2 Å². The highest BCUT2D eigenvalue weighted by Crippen LogP contribution is 2.16. The standard InChI is InChI=1S/C64H112O6/c1-4-7-10-13-16-19-22-24-25-26-27-28-29-30-31-32-33-34-35-36-37-38-39-41-42-45-48-51-54-57-63(66)69-60-61(59-68-62(65)56-53-50-47-44-21-18-15-12-9-6-3)70-64(67)58-55-52-49-46-43-40-23-20-17-14-11-8-5-2/h7,10,16,19,24-25,27-28,30-31,33-34,61H,4-6,8-9,11-15,17-18,20-23,26,29,32,35-60H2,1-3H3/b10-7-,19-16-,25-24-,28-27-,31-30-,34-33-. The molecule has 0 heterocycles. The highest BCUT2D eigenvalue weighted by atomic mass is 16.6. The number of ether oxygens (including phenoxy) is 3. The summed E-state index contributed by atoms with van der Waals surface area (Å²) >= 11 is 0. The first-order chi connectivity index (χ1) is 34.5. The van der Waals surface area contributed by atoms with E-state index in [4.69, 9.17) is 14.2 Å². The molecule has 0 aromatic carbocycles. The number of rotatable bonds is 54. The van der Waals surface area contributed by atoms with E-state index in [0.29, 0.717) is 19.3 Å². The van der Waals surface area contributed by atoms with Gasteiger partial charge in [0.2, 0.25) is 0 Å². The molecule has 0 amide bonds. The summed E-state index contributed by atoms with van der Waals surface area (Å²) in [6.07, 6.45) is 74.8. The lowest BCUT2D eigenvalue weighted by Gasteiger charge is -2.18. The van der Waals surface area contributed by atoms with E-state index in [2.05, 4.69) is 93.7 Å². The van der Waals surface area contributed by atoms with Gasteiger partial charge >= 0.3 is 17.9 Å². The minimum Gasteiger partial charge on any atom is -0.462 e. The summed E-state index contributed by atoms with van der Waals surface area (Å²) in [5.74, 6) is -0.866. The van der Waals surface area contributed by atoms with E-state index in [-0.39, 0.29) is 31.1 Å². The Morgan fingerprint density at radius 2 is 0.557 bits per heavy atom. The normalized spacial score (nSPS) is 12.6. The van der Waals surface area contributed by atoms with Crippen LogP contribution in [0.2, 0.25) is 0 Å². The summed E-state index contributed by atoms with van der Waals surface area (Å²) in [5.41, 5.74) is 0. The van der Waals surface area contributed by atoms with Gasteiger partial charge in [-0.25, -0.2) is 0 Å². The zero-order valence-corrected chi connectivity index (χ0v) is 46.3. The van der Waals surface area contributed by atoms with Crippen LogP contribution in [-0.2, 0) is 28.6 Å². The monoisotopic (exact) mass is 977 g/mol. The van der Waals surface area contributed by atoms with Gasteiger partial charge in [-0.2, -0.15) is 0 Å². The van der Waals surface area contributed by atoms with E-state index in [0.717, 1.165) is 96.3 Å². The molecule has 0 saturated heterocycles. The lowest BCUT2D eigenvalue weighted by atomic mass is 10.0. The molecule has 0 spiro atoms. The molecule has 6 nitrogen and oxygen atoms in total. The highest BCUT2D eigenvalue weighted by molar-refractivity contribution is 5.71. The van der Waals surface area contributed by atoms with Crippen molar-refractivity contribution in [2.45, 2.75) is 303 Å². The quantitative estimate of drug-likeness (QED) is 0.0261. The van der Waals surface area contributed by atoms with E-state index in [1.807, 2.05) is 0 Å². The van der Waals surface area contributed by atoms with Crippen LogP contribution in [-0.4, -0.2) is 37.2 Å². The van der Waals surface area contributed by atoms with Gasteiger partial charge in [-0.05, 0) is 70.6 Å². The molecule has 0 radical (unpaired) electrons. The van der Waals surface area contributed by atoms with Gasteiger partial charge in [0.05, 0.1) is 0 Å². The fourth-order valence-electron chi connectivity index (χ4n) is 8.51. The van der Waals surface area contributed by atoms with Crippen molar-refractivity contribution in [1.29, 1.82) is 0 Å². The number of unbranched alkanes of at least 4 members (excludes halogenated alkanes) is 31. The molecule has 0 fully saturated rings. The van der Waals surface area contributed by atoms with Gasteiger partial charge in [0.15, 0.2) is 6.10 Å². The summed E-state index contributed by atoms with van der Waals surface area (Å²) in [6, 6.07) is 0. The first-order valence-electron chi connectivity index (χ1n) is 29.9. The summed E-state index contributed by atoms with van der Waals surface area (Å²) in [5, 5.41) is 0. The Bertz CT molecular complexity index is 1310. The summed E-state index contributed by atoms with van der Waals surface area (Å²) in [4.78, 5) is 38.1. The van der Waals surface area contributed by atoms with Crippen LogP contribution < -0.4 is 0 Å². The van der Waals surface area contributed by atoms with Crippen molar-refractivity contribution >= 4 is 17.9 Å². The van der Waals surface area contributed by atoms with Crippen molar-refractivity contribution < 1.29 is 28.6 Å². The second kappa shape index (κ2) is 58.4. The van der Waals surface area contributed by atoms with Crippen molar-refractivity contribution in [2.75, 3.05) is 13.2 Å². The molecule has 0 aliphatic carbocycles. The minimum atomic E-state index is -0.772. The fraction of sp³-hybridized carbons (Fsp3) is 0.766. The van der Waals surface area contributed by atoms with Gasteiger partial charge in [0, 0.05) is 19.3 Å². The molecule has 0 aromatic heterocycles. The Kier molecular flexibility index (Phi) is 55.8. The molecule has 6 heteroatoms. The largest absolute Gasteiger partial charge is 0.462 e. The van der Waals surface area contributed by atoms with Crippen molar-refractivity contribution in [3.05, 3.63) is 72.9 Å². The molecule has 70 heavy (non-hydrogen) atoms. The van der Waals surface area contributed by atoms with Crippen LogP contribution in [0.1, 0.15) is 297 Å². The van der Waals surface area contributed by atoms with Crippen LogP contribution in [0.25, 0.3) is 0 Å². The van der Waals surface area contributed by atoms with Crippen LogP contribution in [0.4, 0.5) is 0 Å². The Morgan fingerprint density at radius 3 is 0.871 bits per heavy atom. The van der Waals surface area contributed by atoms with Crippen LogP contribution in [0.5, 0.6) is 0 Å². The first kappa shape index (κ1) is 66.9. The Morgan fingerprint density at radius 1 is 0.300 bits per heavy atom. The van der Waals surface area contributed by atoms with E-state index in [1.54, 1.807) is 0 Å². The van der Waals surface area contributed by atoms with Crippen molar-refractivity contribution in [3.8, 4) is 0 Å². The second-order valence-electron chi connectivity index (χ2n) is 19.9. The molecule has 0 aliphatic rings. The predicted molar refractivity (Wildman–Crippen MR) is 302 cm³/mol. The van der Waals surface area contributed by atoms with Crippen LogP contribution in [0.15, 0.2) is 72.9 Å². The average Bonchev–Trinajstić information content (AvgIpc) is 3.36. The average molecular weight is 978 g/mol. The lowest BCUT2D eigenvalue weighted by Crippen LogP contribution is -2.30.